The number of likely N-dealkylation sites (tertiary alicyclic amines) is 1. The van der Waals surface area contributed by atoms with Crippen LogP contribution in [0.2, 0.25) is 0 Å². The standard InChI is InChI=1S/C14H17NO2/c16-14(17-12-5-2-1-3-6-12)15-10-4-7-13(15)11-8-9-11/h1-3,5-6,11,13H,4,7-10H2. The van der Waals surface area contributed by atoms with Gasteiger partial charge in [-0.3, -0.25) is 0 Å². The van der Waals surface area contributed by atoms with E-state index in [9.17, 15) is 4.79 Å². The van der Waals surface area contributed by atoms with Gasteiger partial charge < -0.3 is 9.64 Å². The zero-order valence-corrected chi connectivity index (χ0v) is 9.84. The SMILES string of the molecule is O=C(Oc1ccccc1)N1CCCC1C1CC1. The van der Waals surface area contributed by atoms with E-state index in [0.29, 0.717) is 11.8 Å². The van der Waals surface area contributed by atoms with Gasteiger partial charge in [0.2, 0.25) is 0 Å². The van der Waals surface area contributed by atoms with Gasteiger partial charge >= 0.3 is 6.09 Å². The summed E-state index contributed by atoms with van der Waals surface area (Å²) in [6, 6.07) is 9.75. The molecule has 2 fully saturated rings. The number of carbonyl (C=O) groups excluding carboxylic acids is 1. The Morgan fingerprint density at radius 3 is 2.65 bits per heavy atom. The van der Waals surface area contributed by atoms with Crippen molar-refractivity contribution < 1.29 is 9.53 Å². The minimum absolute atomic E-state index is 0.175. The summed E-state index contributed by atoms with van der Waals surface area (Å²) in [7, 11) is 0. The van der Waals surface area contributed by atoms with Gasteiger partial charge in [0.15, 0.2) is 0 Å². The average Bonchev–Trinajstić information content (AvgIpc) is 3.08. The third kappa shape index (κ3) is 2.28. The van der Waals surface area contributed by atoms with Crippen LogP contribution in [0.15, 0.2) is 30.3 Å². The number of para-hydroxylation sites is 1. The molecular formula is C14H17NO2. The van der Waals surface area contributed by atoms with Crippen molar-refractivity contribution in [2.24, 2.45) is 5.92 Å². The lowest BCUT2D eigenvalue weighted by molar-refractivity contribution is 0.142. The van der Waals surface area contributed by atoms with Crippen molar-refractivity contribution >= 4 is 6.09 Å². The predicted molar refractivity (Wildman–Crippen MR) is 64.9 cm³/mol. The lowest BCUT2D eigenvalue weighted by atomic mass is 10.1. The van der Waals surface area contributed by atoms with Crippen LogP contribution in [0, 0.1) is 5.92 Å². The second-order valence-electron chi connectivity index (χ2n) is 4.92. The van der Waals surface area contributed by atoms with E-state index in [1.807, 2.05) is 35.2 Å². The van der Waals surface area contributed by atoms with Gasteiger partial charge in [0, 0.05) is 12.6 Å². The van der Waals surface area contributed by atoms with Gasteiger partial charge in [-0.15, -0.1) is 0 Å². The molecule has 1 aromatic rings. The smallest absolute Gasteiger partial charge is 0.410 e. The van der Waals surface area contributed by atoms with Crippen LogP contribution < -0.4 is 4.74 Å². The second kappa shape index (κ2) is 4.40. The molecule has 1 unspecified atom stereocenters. The second-order valence-corrected chi connectivity index (χ2v) is 4.92. The van der Waals surface area contributed by atoms with E-state index >= 15 is 0 Å². The number of benzene rings is 1. The summed E-state index contributed by atoms with van der Waals surface area (Å²) in [5.41, 5.74) is 0. The molecule has 3 heteroatoms. The van der Waals surface area contributed by atoms with Crippen LogP contribution in [0.25, 0.3) is 0 Å². The zero-order chi connectivity index (χ0) is 11.7. The van der Waals surface area contributed by atoms with Crippen molar-refractivity contribution in [3.63, 3.8) is 0 Å². The number of rotatable bonds is 2. The van der Waals surface area contributed by atoms with Crippen molar-refractivity contribution in [3.05, 3.63) is 30.3 Å². The van der Waals surface area contributed by atoms with Gasteiger partial charge in [-0.2, -0.15) is 0 Å². The fourth-order valence-electron chi connectivity index (χ4n) is 2.64. The predicted octanol–water partition coefficient (Wildman–Crippen LogP) is 3.06. The number of hydrogen-bond acceptors (Lipinski definition) is 2. The molecule has 90 valence electrons. The normalized spacial score (nSPS) is 23.8. The van der Waals surface area contributed by atoms with Gasteiger partial charge in [0.25, 0.3) is 0 Å². The van der Waals surface area contributed by atoms with E-state index in [2.05, 4.69) is 0 Å². The molecule has 1 saturated heterocycles. The molecule has 0 aromatic heterocycles. The van der Waals surface area contributed by atoms with Crippen molar-refractivity contribution in [1.29, 1.82) is 0 Å². The molecule has 1 atom stereocenters. The largest absolute Gasteiger partial charge is 0.415 e. The van der Waals surface area contributed by atoms with Crippen LogP contribution in [0.3, 0.4) is 0 Å². The van der Waals surface area contributed by atoms with Crippen LogP contribution in [0.4, 0.5) is 4.79 Å². The molecule has 1 aliphatic heterocycles. The van der Waals surface area contributed by atoms with Gasteiger partial charge in [-0.1, -0.05) is 18.2 Å². The van der Waals surface area contributed by atoms with Gasteiger partial charge in [-0.05, 0) is 43.7 Å². The van der Waals surface area contributed by atoms with Crippen LogP contribution in [-0.2, 0) is 0 Å². The average molecular weight is 231 g/mol. The lowest BCUT2D eigenvalue weighted by Gasteiger charge is -2.23. The Balaban J connectivity index is 1.65. The van der Waals surface area contributed by atoms with Crippen LogP contribution in [0.5, 0.6) is 5.75 Å². The summed E-state index contributed by atoms with van der Waals surface area (Å²) in [6.07, 6.45) is 4.64. The summed E-state index contributed by atoms with van der Waals surface area (Å²) in [5.74, 6) is 1.37. The zero-order valence-electron chi connectivity index (χ0n) is 9.84. The molecule has 0 bridgehead atoms. The monoisotopic (exact) mass is 231 g/mol. The molecular weight excluding hydrogens is 214 g/mol. The Bertz CT molecular complexity index is 400. The van der Waals surface area contributed by atoms with Crippen LogP contribution in [-0.4, -0.2) is 23.6 Å². The van der Waals surface area contributed by atoms with Crippen molar-refractivity contribution in [3.8, 4) is 5.75 Å². The Labute approximate surface area is 101 Å². The first-order chi connectivity index (χ1) is 8.34. The number of nitrogens with zero attached hydrogens (tertiary/aromatic N) is 1. The highest BCUT2D eigenvalue weighted by Crippen LogP contribution is 2.40. The Morgan fingerprint density at radius 2 is 1.94 bits per heavy atom. The molecule has 1 heterocycles. The minimum Gasteiger partial charge on any atom is -0.410 e. The highest BCUT2D eigenvalue weighted by molar-refractivity contribution is 5.71. The quantitative estimate of drug-likeness (QED) is 0.783. The van der Waals surface area contributed by atoms with Crippen LogP contribution >= 0.6 is 0 Å². The lowest BCUT2D eigenvalue weighted by Crippen LogP contribution is -2.38. The van der Waals surface area contributed by atoms with E-state index in [0.717, 1.165) is 25.3 Å². The molecule has 0 spiro atoms. The molecule has 0 radical (unpaired) electrons. The van der Waals surface area contributed by atoms with E-state index in [-0.39, 0.29) is 6.09 Å². The Kier molecular flexibility index (Phi) is 2.75. The molecule has 0 N–H and O–H groups in total. The Morgan fingerprint density at radius 1 is 1.18 bits per heavy atom. The molecule has 1 aromatic carbocycles. The van der Waals surface area contributed by atoms with Crippen LogP contribution in [0.1, 0.15) is 25.7 Å². The fraction of sp³-hybridized carbons (Fsp3) is 0.500. The maximum absolute atomic E-state index is 12.1. The van der Waals surface area contributed by atoms with Crippen molar-refractivity contribution in [2.45, 2.75) is 31.7 Å². The maximum atomic E-state index is 12.1. The van der Waals surface area contributed by atoms with Crippen molar-refractivity contribution in [1.82, 2.24) is 4.90 Å². The third-order valence-corrected chi connectivity index (χ3v) is 3.65. The molecule has 1 aliphatic carbocycles. The third-order valence-electron chi connectivity index (χ3n) is 3.65. The molecule has 3 nitrogen and oxygen atoms in total. The van der Waals surface area contributed by atoms with Gasteiger partial charge in [0.1, 0.15) is 5.75 Å². The highest BCUT2D eigenvalue weighted by atomic mass is 16.6. The fourth-order valence-corrected chi connectivity index (χ4v) is 2.64. The summed E-state index contributed by atoms with van der Waals surface area (Å²) < 4.78 is 5.39. The molecule has 1 amide bonds. The summed E-state index contributed by atoms with van der Waals surface area (Å²) in [4.78, 5) is 14.0. The highest BCUT2D eigenvalue weighted by Gasteiger charge is 2.40. The van der Waals surface area contributed by atoms with E-state index in [1.165, 1.54) is 12.8 Å². The molecule has 2 aliphatic rings. The number of hydrogen-bond donors (Lipinski definition) is 0. The van der Waals surface area contributed by atoms with E-state index in [4.69, 9.17) is 4.74 Å². The van der Waals surface area contributed by atoms with E-state index < -0.39 is 0 Å². The summed E-state index contributed by atoms with van der Waals surface area (Å²) >= 11 is 0. The molecule has 17 heavy (non-hydrogen) atoms. The minimum atomic E-state index is -0.175. The molecule has 1 saturated carbocycles. The first kappa shape index (κ1) is 10.6. The first-order valence-corrected chi connectivity index (χ1v) is 6.38. The topological polar surface area (TPSA) is 29.5 Å². The van der Waals surface area contributed by atoms with Crippen molar-refractivity contribution in [2.75, 3.05) is 6.54 Å². The first-order valence-electron chi connectivity index (χ1n) is 6.38. The van der Waals surface area contributed by atoms with Gasteiger partial charge in [0.05, 0.1) is 0 Å². The summed E-state index contributed by atoms with van der Waals surface area (Å²) in [5, 5.41) is 0. The Hall–Kier alpha value is -1.51. The number of amides is 1. The maximum Gasteiger partial charge on any atom is 0.415 e. The summed E-state index contributed by atoms with van der Waals surface area (Å²) in [6.45, 7) is 0.854. The number of ether oxygens (including phenoxy) is 1. The van der Waals surface area contributed by atoms with E-state index in [1.54, 1.807) is 0 Å². The number of carbonyl (C=O) groups is 1. The molecule has 3 rings (SSSR count). The van der Waals surface area contributed by atoms with Gasteiger partial charge in [-0.25, -0.2) is 4.79 Å².